The summed E-state index contributed by atoms with van der Waals surface area (Å²) in [6.07, 6.45) is 1.03. The van der Waals surface area contributed by atoms with Gasteiger partial charge in [-0.15, -0.1) is 0 Å². The molecule has 7 nitrogen and oxygen atoms in total. The van der Waals surface area contributed by atoms with Crippen molar-refractivity contribution in [2.75, 3.05) is 20.2 Å². The van der Waals surface area contributed by atoms with Crippen molar-refractivity contribution in [2.24, 2.45) is 5.73 Å². The SMILES string of the molecule is COc1cccc(-c2cc(C(N)=O)c3[nH]c4cc(C(=O)N5CCC[C@H](O)C5)ccc4c3c2)c1. The Hall–Kier alpha value is -3.84. The van der Waals surface area contributed by atoms with Crippen LogP contribution in [-0.4, -0.2) is 53.1 Å². The number of nitrogens with two attached hydrogens (primary N) is 1. The van der Waals surface area contributed by atoms with Crippen molar-refractivity contribution in [1.29, 1.82) is 0 Å². The van der Waals surface area contributed by atoms with Crippen LogP contribution >= 0.6 is 0 Å². The molecule has 0 radical (unpaired) electrons. The second-order valence-electron chi connectivity index (χ2n) is 8.48. The number of primary amides is 1. The van der Waals surface area contributed by atoms with E-state index in [0.717, 1.165) is 46.0 Å². The lowest BCUT2D eigenvalue weighted by Crippen LogP contribution is -2.42. The number of amides is 2. The predicted molar refractivity (Wildman–Crippen MR) is 127 cm³/mol. The maximum absolute atomic E-state index is 13.0. The minimum absolute atomic E-state index is 0.110. The van der Waals surface area contributed by atoms with Crippen LogP contribution in [0, 0.1) is 0 Å². The van der Waals surface area contributed by atoms with Crippen LogP contribution in [0.3, 0.4) is 0 Å². The minimum atomic E-state index is -0.532. The highest BCUT2D eigenvalue weighted by Crippen LogP contribution is 2.34. The first-order valence-electron chi connectivity index (χ1n) is 11.0. The first kappa shape index (κ1) is 21.0. The zero-order chi connectivity index (χ0) is 23.1. The molecule has 1 saturated heterocycles. The maximum atomic E-state index is 13.0. The van der Waals surface area contributed by atoms with Crippen LogP contribution in [0.4, 0.5) is 0 Å². The quantitative estimate of drug-likeness (QED) is 0.447. The van der Waals surface area contributed by atoms with Gasteiger partial charge in [0.1, 0.15) is 5.75 Å². The van der Waals surface area contributed by atoms with Gasteiger partial charge < -0.3 is 25.5 Å². The highest BCUT2D eigenvalue weighted by Gasteiger charge is 2.24. The average molecular weight is 444 g/mol. The third-order valence-corrected chi connectivity index (χ3v) is 6.31. The molecule has 0 spiro atoms. The molecule has 1 aliphatic rings. The monoisotopic (exact) mass is 443 g/mol. The molecule has 2 heterocycles. The Balaban J connectivity index is 1.62. The fraction of sp³-hybridized carbons (Fsp3) is 0.231. The van der Waals surface area contributed by atoms with E-state index in [9.17, 15) is 14.7 Å². The van der Waals surface area contributed by atoms with E-state index < -0.39 is 12.0 Å². The number of hydrogen-bond donors (Lipinski definition) is 3. The number of benzene rings is 3. The van der Waals surface area contributed by atoms with Crippen molar-refractivity contribution in [3.8, 4) is 16.9 Å². The number of hydrogen-bond acceptors (Lipinski definition) is 4. The molecule has 1 atom stereocenters. The predicted octanol–water partition coefficient (Wildman–Crippen LogP) is 3.69. The third kappa shape index (κ3) is 3.81. The zero-order valence-corrected chi connectivity index (χ0v) is 18.3. The molecular formula is C26H25N3O4. The van der Waals surface area contributed by atoms with Crippen molar-refractivity contribution < 1.29 is 19.4 Å². The van der Waals surface area contributed by atoms with Gasteiger partial charge in [-0.25, -0.2) is 0 Å². The number of aliphatic hydroxyl groups is 1. The van der Waals surface area contributed by atoms with E-state index in [4.69, 9.17) is 10.5 Å². The lowest BCUT2D eigenvalue weighted by Gasteiger charge is -2.30. The summed E-state index contributed by atoms with van der Waals surface area (Å²) in [6, 6.07) is 16.9. The highest BCUT2D eigenvalue weighted by molar-refractivity contribution is 6.17. The molecule has 1 fully saturated rings. The molecule has 0 unspecified atom stereocenters. The third-order valence-electron chi connectivity index (χ3n) is 6.31. The molecule has 2 amide bonds. The lowest BCUT2D eigenvalue weighted by molar-refractivity contribution is 0.0474. The number of likely N-dealkylation sites (tertiary alicyclic amines) is 1. The van der Waals surface area contributed by atoms with Gasteiger partial charge in [0.05, 0.1) is 24.3 Å². The number of rotatable bonds is 4. The number of aromatic amines is 1. The topological polar surface area (TPSA) is 109 Å². The van der Waals surface area contributed by atoms with Gasteiger partial charge in [-0.3, -0.25) is 9.59 Å². The van der Waals surface area contributed by atoms with Crippen LogP contribution in [0.1, 0.15) is 33.6 Å². The van der Waals surface area contributed by atoms with E-state index in [-0.39, 0.29) is 5.91 Å². The largest absolute Gasteiger partial charge is 0.497 e. The summed E-state index contributed by atoms with van der Waals surface area (Å²) >= 11 is 0. The number of nitrogens with one attached hydrogen (secondary N) is 1. The van der Waals surface area contributed by atoms with Crippen LogP contribution in [-0.2, 0) is 0 Å². The molecule has 33 heavy (non-hydrogen) atoms. The zero-order valence-electron chi connectivity index (χ0n) is 18.3. The van der Waals surface area contributed by atoms with Gasteiger partial charge in [0.2, 0.25) is 0 Å². The molecule has 4 N–H and O–H groups in total. The van der Waals surface area contributed by atoms with E-state index in [2.05, 4.69) is 4.98 Å². The van der Waals surface area contributed by atoms with Crippen LogP contribution in [0.25, 0.3) is 32.9 Å². The molecule has 0 saturated carbocycles. The number of carbonyl (C=O) groups is 2. The minimum Gasteiger partial charge on any atom is -0.497 e. The first-order chi connectivity index (χ1) is 15.9. The number of methoxy groups -OCH3 is 1. The van der Waals surface area contributed by atoms with Crippen molar-refractivity contribution in [3.05, 3.63) is 65.7 Å². The van der Waals surface area contributed by atoms with Crippen molar-refractivity contribution in [3.63, 3.8) is 0 Å². The Morgan fingerprint density at radius 1 is 1.09 bits per heavy atom. The van der Waals surface area contributed by atoms with Crippen molar-refractivity contribution in [2.45, 2.75) is 18.9 Å². The Labute approximate surface area is 190 Å². The van der Waals surface area contributed by atoms with E-state index in [1.54, 1.807) is 30.2 Å². The maximum Gasteiger partial charge on any atom is 0.254 e. The summed E-state index contributed by atoms with van der Waals surface area (Å²) in [5, 5.41) is 11.7. The molecule has 1 aliphatic heterocycles. The molecule has 168 valence electrons. The van der Waals surface area contributed by atoms with E-state index in [0.29, 0.717) is 29.7 Å². The second-order valence-corrected chi connectivity index (χ2v) is 8.48. The molecule has 0 bridgehead atoms. The number of β-amino-alcohol motifs (C(OH)–C–C–N with tert-alkyl or cyclic N) is 1. The number of nitrogens with zero attached hydrogens (tertiary/aromatic N) is 1. The summed E-state index contributed by atoms with van der Waals surface area (Å²) in [5.74, 6) is 0.0783. The van der Waals surface area contributed by atoms with E-state index in [1.807, 2.05) is 36.4 Å². The number of aliphatic hydroxyl groups excluding tert-OH is 1. The summed E-state index contributed by atoms with van der Waals surface area (Å²) in [4.78, 5) is 30.3. The molecule has 5 rings (SSSR count). The Kier molecular flexibility index (Phi) is 5.26. The Morgan fingerprint density at radius 3 is 2.70 bits per heavy atom. The van der Waals surface area contributed by atoms with Gasteiger partial charge >= 0.3 is 0 Å². The summed E-state index contributed by atoms with van der Waals surface area (Å²) in [5.41, 5.74) is 9.79. The number of aromatic nitrogens is 1. The highest BCUT2D eigenvalue weighted by atomic mass is 16.5. The Morgan fingerprint density at radius 2 is 1.94 bits per heavy atom. The normalized spacial score (nSPS) is 16.3. The first-order valence-corrected chi connectivity index (χ1v) is 11.0. The molecule has 3 aromatic carbocycles. The standard InChI is InChI=1S/C26H25N3O4/c1-33-19-6-2-4-15(10-19)17-11-21-20-8-7-16(26(32)29-9-3-5-18(30)14-29)13-23(20)28-24(21)22(12-17)25(27)31/h2,4,6-8,10-13,18,28,30H,3,5,9,14H2,1H3,(H2,27,31)/t18-/m0/s1. The van der Waals surface area contributed by atoms with Crippen LogP contribution < -0.4 is 10.5 Å². The summed E-state index contributed by atoms with van der Waals surface area (Å²) < 4.78 is 5.34. The average Bonchev–Trinajstić information content (AvgIpc) is 3.20. The summed E-state index contributed by atoms with van der Waals surface area (Å²) in [6.45, 7) is 0.982. The molecule has 0 aliphatic carbocycles. The van der Waals surface area contributed by atoms with Crippen molar-refractivity contribution >= 4 is 33.6 Å². The molecular weight excluding hydrogens is 418 g/mol. The van der Waals surface area contributed by atoms with Crippen LogP contribution in [0.15, 0.2) is 54.6 Å². The smallest absolute Gasteiger partial charge is 0.254 e. The van der Waals surface area contributed by atoms with E-state index in [1.165, 1.54) is 0 Å². The Bertz CT molecular complexity index is 1390. The number of ether oxygens (including phenoxy) is 1. The van der Waals surface area contributed by atoms with Crippen molar-refractivity contribution in [1.82, 2.24) is 9.88 Å². The van der Waals surface area contributed by atoms with E-state index >= 15 is 0 Å². The van der Waals surface area contributed by atoms with Crippen LogP contribution in [0.2, 0.25) is 0 Å². The summed E-state index contributed by atoms with van der Waals surface area (Å²) in [7, 11) is 1.61. The fourth-order valence-electron chi connectivity index (χ4n) is 4.62. The fourth-order valence-corrected chi connectivity index (χ4v) is 4.62. The molecule has 1 aromatic heterocycles. The van der Waals surface area contributed by atoms with Gasteiger partial charge in [-0.1, -0.05) is 18.2 Å². The number of H-pyrrole nitrogens is 1. The van der Waals surface area contributed by atoms with Gasteiger partial charge in [0.15, 0.2) is 0 Å². The number of fused-ring (bicyclic) bond motifs is 3. The molecule has 7 heteroatoms. The van der Waals surface area contributed by atoms with Gasteiger partial charge in [-0.05, 0) is 60.4 Å². The van der Waals surface area contributed by atoms with Gasteiger partial charge in [0, 0.05) is 34.9 Å². The molecule has 4 aromatic rings. The lowest BCUT2D eigenvalue weighted by atomic mass is 9.98. The van der Waals surface area contributed by atoms with Crippen LogP contribution in [0.5, 0.6) is 5.75 Å². The van der Waals surface area contributed by atoms with Gasteiger partial charge in [0.25, 0.3) is 11.8 Å². The van der Waals surface area contributed by atoms with Gasteiger partial charge in [-0.2, -0.15) is 0 Å². The second kappa shape index (κ2) is 8.26. The number of piperidine rings is 1. The number of carbonyl (C=O) groups excluding carboxylic acids is 2.